The first kappa shape index (κ1) is 23.3. The quantitative estimate of drug-likeness (QED) is 0.369. The van der Waals surface area contributed by atoms with Crippen LogP contribution in [-0.4, -0.2) is 33.9 Å². The van der Waals surface area contributed by atoms with Crippen LogP contribution in [0.5, 0.6) is 0 Å². The Labute approximate surface area is 200 Å². The van der Waals surface area contributed by atoms with Gasteiger partial charge in [0.25, 0.3) is 5.56 Å². The van der Waals surface area contributed by atoms with Crippen LogP contribution < -0.4 is 10.9 Å². The van der Waals surface area contributed by atoms with Gasteiger partial charge in [0, 0.05) is 23.1 Å². The largest absolute Gasteiger partial charge is 0.376 e. The van der Waals surface area contributed by atoms with Crippen molar-refractivity contribution in [2.45, 2.75) is 57.5 Å². The number of carbonyl (C=O) groups excluding carboxylic acids is 1. The maximum atomic E-state index is 13.5. The first-order chi connectivity index (χ1) is 15.5. The Morgan fingerprint density at radius 1 is 1.41 bits per heavy atom. The Kier molecular flexibility index (Phi) is 7.55. The molecular weight excluding hydrogens is 466 g/mol. The zero-order valence-corrected chi connectivity index (χ0v) is 20.5. The van der Waals surface area contributed by atoms with Gasteiger partial charge in [-0.2, -0.15) is 0 Å². The topological polar surface area (TPSA) is 73.2 Å². The summed E-state index contributed by atoms with van der Waals surface area (Å²) in [4.78, 5) is 32.6. The van der Waals surface area contributed by atoms with Gasteiger partial charge < -0.3 is 10.1 Å². The molecule has 1 unspecified atom stereocenters. The van der Waals surface area contributed by atoms with Crippen molar-refractivity contribution in [1.29, 1.82) is 0 Å². The van der Waals surface area contributed by atoms with E-state index in [0.29, 0.717) is 28.7 Å². The van der Waals surface area contributed by atoms with E-state index in [9.17, 15) is 9.59 Å². The number of halogens is 1. The third-order valence-corrected chi connectivity index (χ3v) is 7.99. The number of fused-ring (bicyclic) bond motifs is 1. The van der Waals surface area contributed by atoms with Crippen molar-refractivity contribution in [2.24, 2.45) is 0 Å². The van der Waals surface area contributed by atoms with Gasteiger partial charge in [-0.15, -0.1) is 11.3 Å². The molecule has 1 fully saturated rings. The van der Waals surface area contributed by atoms with Crippen molar-refractivity contribution in [1.82, 2.24) is 14.9 Å². The van der Waals surface area contributed by atoms with Gasteiger partial charge >= 0.3 is 0 Å². The van der Waals surface area contributed by atoms with Crippen LogP contribution in [0.4, 0.5) is 0 Å². The molecule has 1 aliphatic rings. The molecule has 170 valence electrons. The van der Waals surface area contributed by atoms with Crippen molar-refractivity contribution < 1.29 is 9.53 Å². The van der Waals surface area contributed by atoms with E-state index in [1.807, 2.05) is 25.1 Å². The van der Waals surface area contributed by atoms with Crippen LogP contribution in [0.15, 0.2) is 34.2 Å². The summed E-state index contributed by atoms with van der Waals surface area (Å²) in [5, 5.41) is 4.79. The summed E-state index contributed by atoms with van der Waals surface area (Å²) >= 11 is 9.00. The molecule has 0 bridgehead atoms. The van der Waals surface area contributed by atoms with Crippen LogP contribution in [-0.2, 0) is 29.0 Å². The second-order valence-corrected chi connectivity index (χ2v) is 10.3. The monoisotopic (exact) mass is 491 g/mol. The zero-order valence-electron chi connectivity index (χ0n) is 18.2. The number of benzene rings is 1. The van der Waals surface area contributed by atoms with Gasteiger partial charge in [0.2, 0.25) is 5.91 Å². The van der Waals surface area contributed by atoms with Gasteiger partial charge in [0.15, 0.2) is 5.16 Å². The fraction of sp³-hybridized carbons (Fsp3) is 0.435. The highest BCUT2D eigenvalue weighted by atomic mass is 35.5. The highest BCUT2D eigenvalue weighted by Gasteiger charge is 2.23. The van der Waals surface area contributed by atoms with Gasteiger partial charge in [-0.05, 0) is 43.4 Å². The number of thioether (sulfide) groups is 1. The van der Waals surface area contributed by atoms with Gasteiger partial charge in [0.05, 0.1) is 23.8 Å². The van der Waals surface area contributed by atoms with Crippen molar-refractivity contribution in [3.63, 3.8) is 0 Å². The Morgan fingerprint density at radius 3 is 2.94 bits per heavy atom. The van der Waals surface area contributed by atoms with E-state index >= 15 is 0 Å². The third kappa shape index (κ3) is 5.03. The molecule has 0 spiro atoms. The van der Waals surface area contributed by atoms with Crippen LogP contribution in [0.25, 0.3) is 10.2 Å². The third-order valence-electron chi connectivity index (χ3n) is 5.61. The molecule has 3 aromatic rings. The van der Waals surface area contributed by atoms with Crippen LogP contribution >= 0.6 is 34.7 Å². The van der Waals surface area contributed by atoms with E-state index in [-0.39, 0.29) is 23.3 Å². The summed E-state index contributed by atoms with van der Waals surface area (Å²) < 4.78 is 7.48. The minimum Gasteiger partial charge on any atom is -0.376 e. The summed E-state index contributed by atoms with van der Waals surface area (Å²) in [6, 6.07) is 7.43. The van der Waals surface area contributed by atoms with Crippen LogP contribution in [0.2, 0.25) is 5.02 Å². The molecule has 9 heteroatoms. The molecule has 0 aliphatic carbocycles. The highest BCUT2D eigenvalue weighted by Crippen LogP contribution is 2.30. The highest BCUT2D eigenvalue weighted by molar-refractivity contribution is 7.99. The molecule has 2 aromatic heterocycles. The Morgan fingerprint density at radius 2 is 2.22 bits per heavy atom. The molecule has 0 radical (unpaired) electrons. The van der Waals surface area contributed by atoms with Crippen molar-refractivity contribution in [3.8, 4) is 0 Å². The number of amides is 1. The summed E-state index contributed by atoms with van der Waals surface area (Å²) in [6.45, 7) is 5.63. The van der Waals surface area contributed by atoms with Gasteiger partial charge in [-0.1, -0.05) is 48.5 Å². The lowest BCUT2D eigenvalue weighted by Gasteiger charge is -2.16. The van der Waals surface area contributed by atoms with E-state index in [4.69, 9.17) is 21.3 Å². The molecule has 3 heterocycles. The number of thiophene rings is 1. The minimum atomic E-state index is -0.135. The lowest BCUT2D eigenvalue weighted by molar-refractivity contribution is -0.118. The number of nitrogens with one attached hydrogen (secondary N) is 1. The minimum absolute atomic E-state index is 0.00478. The number of hydrogen-bond donors (Lipinski definition) is 1. The number of rotatable bonds is 8. The number of carbonyl (C=O) groups is 1. The average Bonchev–Trinajstić information content (AvgIpc) is 3.40. The molecule has 1 N–H and O–H groups in total. The van der Waals surface area contributed by atoms with Crippen molar-refractivity contribution >= 4 is 50.8 Å². The van der Waals surface area contributed by atoms with E-state index in [1.165, 1.54) is 11.8 Å². The fourth-order valence-corrected chi connectivity index (χ4v) is 6.13. The predicted molar refractivity (Wildman–Crippen MR) is 131 cm³/mol. The molecule has 0 saturated carbocycles. The van der Waals surface area contributed by atoms with E-state index in [0.717, 1.165) is 46.7 Å². The number of hydrogen-bond acceptors (Lipinski definition) is 6. The summed E-state index contributed by atoms with van der Waals surface area (Å²) in [5.41, 5.74) is 1.90. The maximum absolute atomic E-state index is 13.5. The standard InChI is InChI=1S/C23H26ClN3O3S2/c1-3-17-14(2)32-21-20(17)22(29)27(12-16-8-6-10-30-16)23(26-21)31-13-19(28)25-11-15-7-4-5-9-18(15)24/h4-5,7,9,16H,3,6,8,10-13H2,1-2H3,(H,25,28). The number of ether oxygens (including phenoxy) is 1. The van der Waals surface area contributed by atoms with Crippen molar-refractivity contribution in [3.05, 3.63) is 55.6 Å². The molecule has 1 saturated heterocycles. The van der Waals surface area contributed by atoms with Gasteiger partial charge in [-0.3, -0.25) is 14.2 Å². The van der Waals surface area contributed by atoms with E-state index < -0.39 is 0 Å². The maximum Gasteiger partial charge on any atom is 0.263 e. The number of aromatic nitrogens is 2. The lowest BCUT2D eigenvalue weighted by Crippen LogP contribution is -2.30. The number of nitrogens with zero attached hydrogens (tertiary/aromatic N) is 2. The van der Waals surface area contributed by atoms with Crippen molar-refractivity contribution in [2.75, 3.05) is 12.4 Å². The second-order valence-electron chi connectivity index (χ2n) is 7.77. The first-order valence-electron chi connectivity index (χ1n) is 10.7. The Hall–Kier alpha value is -1.87. The van der Waals surface area contributed by atoms with Gasteiger partial charge in [0.1, 0.15) is 4.83 Å². The molecule has 32 heavy (non-hydrogen) atoms. The number of aryl methyl sites for hydroxylation is 2. The van der Waals surface area contributed by atoms with Crippen LogP contribution in [0.3, 0.4) is 0 Å². The first-order valence-corrected chi connectivity index (χ1v) is 12.9. The molecule has 4 rings (SSSR count). The molecular formula is C23H26ClN3O3S2. The molecule has 1 aliphatic heterocycles. The summed E-state index contributed by atoms with van der Waals surface area (Å²) in [7, 11) is 0. The molecule has 1 atom stereocenters. The summed E-state index contributed by atoms with van der Waals surface area (Å²) in [6.07, 6.45) is 2.72. The Bertz CT molecular complexity index is 1190. The smallest absolute Gasteiger partial charge is 0.263 e. The predicted octanol–water partition coefficient (Wildman–Crippen LogP) is 4.57. The fourth-order valence-electron chi connectivity index (χ4n) is 3.94. The van der Waals surface area contributed by atoms with E-state index in [1.54, 1.807) is 22.0 Å². The SMILES string of the molecule is CCc1c(C)sc2nc(SCC(=O)NCc3ccccc3Cl)n(CC3CCCO3)c(=O)c12. The second kappa shape index (κ2) is 10.4. The van der Waals surface area contributed by atoms with Gasteiger partial charge in [-0.25, -0.2) is 4.98 Å². The molecule has 1 amide bonds. The normalized spacial score (nSPS) is 16.0. The van der Waals surface area contributed by atoms with Crippen LogP contribution in [0, 0.1) is 6.92 Å². The lowest BCUT2D eigenvalue weighted by atomic mass is 10.1. The molecule has 1 aromatic carbocycles. The summed E-state index contributed by atoms with van der Waals surface area (Å²) in [5.74, 6) is 0.0309. The Balaban J connectivity index is 1.55. The molecule has 6 nitrogen and oxygen atoms in total. The average molecular weight is 492 g/mol. The van der Waals surface area contributed by atoms with E-state index in [2.05, 4.69) is 12.2 Å². The zero-order chi connectivity index (χ0) is 22.7. The van der Waals surface area contributed by atoms with Crippen LogP contribution in [0.1, 0.15) is 35.8 Å².